The number of hydrogen-bond donors (Lipinski definition) is 0. The fraction of sp³-hybridized carbons (Fsp3) is 0.0833. The van der Waals surface area contributed by atoms with Crippen LogP contribution in [-0.4, -0.2) is 4.57 Å². The lowest BCUT2D eigenvalue weighted by Gasteiger charge is -2.26. The van der Waals surface area contributed by atoms with E-state index in [1.165, 1.54) is 65.6 Å². The molecule has 0 fully saturated rings. The average molecular weight is 643 g/mol. The third-order valence-corrected chi connectivity index (χ3v) is 10.4. The number of para-hydroxylation sites is 2. The van der Waals surface area contributed by atoms with Crippen molar-refractivity contribution in [3.8, 4) is 22.3 Å². The van der Waals surface area contributed by atoms with Gasteiger partial charge in [-0.1, -0.05) is 134 Å². The van der Waals surface area contributed by atoms with E-state index in [0.29, 0.717) is 6.04 Å². The molecule has 0 aliphatic rings. The van der Waals surface area contributed by atoms with Crippen molar-refractivity contribution in [1.82, 2.24) is 4.57 Å². The third-order valence-electron chi connectivity index (χ3n) is 10.4. The highest BCUT2D eigenvalue weighted by atomic mass is 15.1. The SMILES string of the molecule is CCC(C)n1c2ccccc2c2cc(N(c3ccccc3)c3ccc(-c4c5ccccc5c(-c5ccccc5)c5ccccc45)cc3)ccc21. The van der Waals surface area contributed by atoms with E-state index in [4.69, 9.17) is 0 Å². The summed E-state index contributed by atoms with van der Waals surface area (Å²) in [5, 5.41) is 7.65. The number of aromatic nitrogens is 1. The molecule has 0 N–H and O–H groups in total. The molecule has 1 unspecified atom stereocenters. The van der Waals surface area contributed by atoms with Crippen molar-refractivity contribution in [1.29, 1.82) is 0 Å². The Bertz CT molecular complexity index is 2580. The van der Waals surface area contributed by atoms with Gasteiger partial charge in [-0.3, -0.25) is 0 Å². The Kier molecular flexibility index (Phi) is 7.43. The molecule has 0 aliphatic carbocycles. The molecule has 1 atom stereocenters. The zero-order chi connectivity index (χ0) is 33.6. The van der Waals surface area contributed by atoms with Gasteiger partial charge in [0, 0.05) is 44.9 Å². The van der Waals surface area contributed by atoms with Crippen molar-refractivity contribution in [2.24, 2.45) is 0 Å². The smallest absolute Gasteiger partial charge is 0.0495 e. The fourth-order valence-electron chi connectivity index (χ4n) is 7.94. The van der Waals surface area contributed by atoms with Crippen LogP contribution in [0.2, 0.25) is 0 Å². The molecule has 0 radical (unpaired) electrons. The van der Waals surface area contributed by atoms with Gasteiger partial charge in [0.2, 0.25) is 0 Å². The minimum Gasteiger partial charge on any atom is -0.338 e. The van der Waals surface area contributed by atoms with E-state index in [2.05, 4.69) is 199 Å². The summed E-state index contributed by atoms with van der Waals surface area (Å²) in [7, 11) is 0. The monoisotopic (exact) mass is 642 g/mol. The lowest BCUT2D eigenvalue weighted by molar-refractivity contribution is 0.563. The van der Waals surface area contributed by atoms with E-state index in [0.717, 1.165) is 23.5 Å². The standard InChI is InChI=1S/C48H38N2/c1-3-33(2)49-45-25-15-14-20-39(45)44-32-38(30-31-46(44)49)50(36-18-8-5-9-19-36)37-28-26-35(27-29-37)48-42-23-12-10-21-40(42)47(34-16-6-4-7-17-34)41-22-11-13-24-43(41)48/h4-33H,3H2,1-2H3. The van der Waals surface area contributed by atoms with Crippen LogP contribution in [0, 0.1) is 0 Å². The second-order valence-electron chi connectivity index (χ2n) is 13.3. The van der Waals surface area contributed by atoms with Crippen LogP contribution < -0.4 is 4.90 Å². The summed E-state index contributed by atoms with van der Waals surface area (Å²) < 4.78 is 2.51. The molecular weight excluding hydrogens is 605 g/mol. The molecule has 1 aromatic heterocycles. The van der Waals surface area contributed by atoms with Crippen LogP contribution in [0.5, 0.6) is 0 Å². The largest absolute Gasteiger partial charge is 0.338 e. The average Bonchev–Trinajstić information content (AvgIpc) is 3.51. The van der Waals surface area contributed by atoms with Crippen molar-refractivity contribution >= 4 is 60.4 Å². The lowest BCUT2D eigenvalue weighted by atomic mass is 9.86. The predicted molar refractivity (Wildman–Crippen MR) is 215 cm³/mol. The number of fused-ring (bicyclic) bond motifs is 5. The van der Waals surface area contributed by atoms with Gasteiger partial charge in [-0.2, -0.15) is 0 Å². The Balaban J connectivity index is 1.22. The number of hydrogen-bond acceptors (Lipinski definition) is 1. The van der Waals surface area contributed by atoms with Crippen LogP contribution in [0.4, 0.5) is 17.1 Å². The second kappa shape index (κ2) is 12.4. The van der Waals surface area contributed by atoms with Gasteiger partial charge in [0.1, 0.15) is 0 Å². The summed E-state index contributed by atoms with van der Waals surface area (Å²) >= 11 is 0. The molecule has 9 rings (SSSR count). The fourth-order valence-corrected chi connectivity index (χ4v) is 7.94. The maximum absolute atomic E-state index is 2.51. The van der Waals surface area contributed by atoms with E-state index in [9.17, 15) is 0 Å². The maximum Gasteiger partial charge on any atom is 0.0495 e. The summed E-state index contributed by atoms with van der Waals surface area (Å²) in [5.41, 5.74) is 11.0. The first-order valence-electron chi connectivity index (χ1n) is 17.7. The third kappa shape index (κ3) is 4.87. The minimum absolute atomic E-state index is 0.412. The van der Waals surface area contributed by atoms with Crippen LogP contribution in [0.1, 0.15) is 26.3 Å². The summed E-state index contributed by atoms with van der Waals surface area (Å²) in [4.78, 5) is 2.38. The first kappa shape index (κ1) is 30.0. The summed E-state index contributed by atoms with van der Waals surface area (Å²) in [6, 6.07) is 64.6. The molecule has 0 bridgehead atoms. The summed E-state index contributed by atoms with van der Waals surface area (Å²) in [5.74, 6) is 0. The first-order chi connectivity index (χ1) is 24.7. The van der Waals surface area contributed by atoms with Gasteiger partial charge in [-0.15, -0.1) is 0 Å². The Morgan fingerprint density at radius 1 is 0.420 bits per heavy atom. The van der Waals surface area contributed by atoms with Crippen LogP contribution in [-0.2, 0) is 0 Å². The van der Waals surface area contributed by atoms with E-state index in [1.54, 1.807) is 0 Å². The molecule has 240 valence electrons. The van der Waals surface area contributed by atoms with Crippen molar-refractivity contribution in [3.63, 3.8) is 0 Å². The maximum atomic E-state index is 2.51. The second-order valence-corrected chi connectivity index (χ2v) is 13.3. The van der Waals surface area contributed by atoms with Crippen LogP contribution in [0.3, 0.4) is 0 Å². The van der Waals surface area contributed by atoms with Gasteiger partial charge in [0.25, 0.3) is 0 Å². The molecule has 0 aliphatic heterocycles. The van der Waals surface area contributed by atoms with Crippen molar-refractivity contribution < 1.29 is 0 Å². The molecule has 1 heterocycles. The molecule has 50 heavy (non-hydrogen) atoms. The number of benzene rings is 8. The zero-order valence-electron chi connectivity index (χ0n) is 28.4. The molecule has 2 nitrogen and oxygen atoms in total. The van der Waals surface area contributed by atoms with Crippen LogP contribution >= 0.6 is 0 Å². The molecule has 2 heteroatoms. The molecule has 0 amide bonds. The highest BCUT2D eigenvalue weighted by molar-refractivity contribution is 6.21. The van der Waals surface area contributed by atoms with Crippen molar-refractivity contribution in [2.75, 3.05) is 4.90 Å². The van der Waals surface area contributed by atoms with Gasteiger partial charge >= 0.3 is 0 Å². The van der Waals surface area contributed by atoms with Crippen LogP contribution in [0.15, 0.2) is 176 Å². The van der Waals surface area contributed by atoms with Crippen molar-refractivity contribution in [2.45, 2.75) is 26.3 Å². The van der Waals surface area contributed by atoms with Gasteiger partial charge in [-0.25, -0.2) is 0 Å². The molecule has 0 saturated carbocycles. The lowest BCUT2D eigenvalue weighted by Crippen LogP contribution is -2.10. The molecule has 0 spiro atoms. The number of nitrogens with zero attached hydrogens (tertiary/aromatic N) is 2. The van der Waals surface area contributed by atoms with Gasteiger partial charge in [-0.05, 0) is 106 Å². The Morgan fingerprint density at radius 3 is 1.44 bits per heavy atom. The molecule has 0 saturated heterocycles. The van der Waals surface area contributed by atoms with Crippen molar-refractivity contribution in [3.05, 3.63) is 176 Å². The van der Waals surface area contributed by atoms with Crippen LogP contribution in [0.25, 0.3) is 65.6 Å². The normalized spacial score (nSPS) is 12.2. The van der Waals surface area contributed by atoms with Gasteiger partial charge in [0.05, 0.1) is 0 Å². The molecule has 9 aromatic rings. The highest BCUT2D eigenvalue weighted by Crippen LogP contribution is 2.45. The number of rotatable bonds is 7. The Morgan fingerprint density at radius 2 is 0.860 bits per heavy atom. The first-order valence-corrected chi connectivity index (χ1v) is 17.7. The highest BCUT2D eigenvalue weighted by Gasteiger charge is 2.20. The predicted octanol–water partition coefficient (Wildman–Crippen LogP) is 13.9. The van der Waals surface area contributed by atoms with Gasteiger partial charge < -0.3 is 9.47 Å². The Hall–Kier alpha value is -6.12. The molecule has 8 aromatic carbocycles. The zero-order valence-corrected chi connectivity index (χ0v) is 28.4. The topological polar surface area (TPSA) is 8.17 Å². The van der Waals surface area contributed by atoms with E-state index in [1.807, 2.05) is 0 Å². The van der Waals surface area contributed by atoms with E-state index < -0.39 is 0 Å². The van der Waals surface area contributed by atoms with E-state index >= 15 is 0 Å². The van der Waals surface area contributed by atoms with E-state index in [-0.39, 0.29) is 0 Å². The van der Waals surface area contributed by atoms with Gasteiger partial charge in [0.15, 0.2) is 0 Å². The quantitative estimate of drug-likeness (QED) is 0.157. The minimum atomic E-state index is 0.412. The Labute approximate surface area is 293 Å². The number of anilines is 3. The summed E-state index contributed by atoms with van der Waals surface area (Å²) in [6.07, 6.45) is 1.08. The molecular formula is C48H38N2. The summed E-state index contributed by atoms with van der Waals surface area (Å²) in [6.45, 7) is 4.59.